The Balaban J connectivity index is 2.61. The number of amides is 1. The second-order valence-corrected chi connectivity index (χ2v) is 3.49. The van der Waals surface area contributed by atoms with E-state index in [4.69, 9.17) is 0 Å². The van der Waals surface area contributed by atoms with E-state index in [0.717, 1.165) is 0 Å². The van der Waals surface area contributed by atoms with Gasteiger partial charge < -0.3 is 5.32 Å². The molecule has 0 aromatic heterocycles. The van der Waals surface area contributed by atoms with E-state index in [-0.39, 0.29) is 24.2 Å². The van der Waals surface area contributed by atoms with Gasteiger partial charge in [0.1, 0.15) is 5.82 Å². The van der Waals surface area contributed by atoms with Gasteiger partial charge in [0.25, 0.3) is 0 Å². The van der Waals surface area contributed by atoms with E-state index in [1.807, 2.05) is 13.8 Å². The minimum atomic E-state index is -0.327. The number of hydrogen-bond donors (Lipinski definition) is 1. The first kappa shape index (κ1) is 10.7. The van der Waals surface area contributed by atoms with Gasteiger partial charge in [-0.15, -0.1) is 0 Å². The predicted octanol–water partition coefficient (Wildman–Crippen LogP) is 1.89. The van der Waals surface area contributed by atoms with Crippen LogP contribution in [0.4, 0.5) is 4.39 Å². The summed E-state index contributed by atoms with van der Waals surface area (Å²) in [4.78, 5) is 11.3. The lowest BCUT2D eigenvalue weighted by Crippen LogP contribution is -2.31. The van der Waals surface area contributed by atoms with Crippen molar-refractivity contribution >= 4 is 5.91 Å². The summed E-state index contributed by atoms with van der Waals surface area (Å²) in [5.41, 5.74) is 0.436. The first-order valence-corrected chi connectivity index (χ1v) is 4.62. The van der Waals surface area contributed by atoms with Crippen LogP contribution in [-0.2, 0) is 11.2 Å². The molecule has 0 heterocycles. The zero-order valence-corrected chi connectivity index (χ0v) is 8.38. The maximum atomic E-state index is 13.1. The maximum absolute atomic E-state index is 13.1. The number of benzene rings is 1. The van der Waals surface area contributed by atoms with Gasteiger partial charge in [0.2, 0.25) is 5.91 Å². The number of halogens is 1. The Hall–Kier alpha value is -1.38. The Morgan fingerprint density at radius 1 is 1.43 bits per heavy atom. The lowest BCUT2D eigenvalue weighted by Gasteiger charge is -2.08. The first-order valence-electron chi connectivity index (χ1n) is 4.62. The van der Waals surface area contributed by atoms with Crippen LogP contribution in [0, 0.1) is 5.82 Å². The topological polar surface area (TPSA) is 29.1 Å². The molecule has 76 valence electrons. The molecule has 0 radical (unpaired) electrons. The summed E-state index contributed by atoms with van der Waals surface area (Å²) >= 11 is 0. The number of rotatable bonds is 3. The van der Waals surface area contributed by atoms with Crippen LogP contribution in [0.2, 0.25) is 0 Å². The zero-order valence-electron chi connectivity index (χ0n) is 8.38. The molecule has 0 saturated carbocycles. The van der Waals surface area contributed by atoms with Gasteiger partial charge in [-0.25, -0.2) is 4.39 Å². The van der Waals surface area contributed by atoms with Gasteiger partial charge in [0, 0.05) is 6.04 Å². The molecule has 0 aliphatic rings. The van der Waals surface area contributed by atoms with E-state index in [9.17, 15) is 9.18 Å². The third kappa shape index (κ3) is 3.17. The van der Waals surface area contributed by atoms with Gasteiger partial charge in [0.15, 0.2) is 0 Å². The summed E-state index contributed by atoms with van der Waals surface area (Å²) < 4.78 is 13.1. The normalized spacial score (nSPS) is 10.3. The van der Waals surface area contributed by atoms with Crippen molar-refractivity contribution in [1.29, 1.82) is 0 Å². The molecule has 1 aromatic rings. The van der Waals surface area contributed by atoms with E-state index in [0.29, 0.717) is 5.56 Å². The molecule has 0 atom stereocenters. The second-order valence-electron chi connectivity index (χ2n) is 3.49. The van der Waals surface area contributed by atoms with Crippen LogP contribution >= 0.6 is 0 Å². The third-order valence-corrected chi connectivity index (χ3v) is 1.76. The molecule has 1 rings (SSSR count). The highest BCUT2D eigenvalue weighted by Gasteiger charge is 2.07. The molecule has 0 aliphatic heterocycles. The van der Waals surface area contributed by atoms with Gasteiger partial charge in [-0.1, -0.05) is 18.2 Å². The number of carbonyl (C=O) groups excluding carboxylic acids is 1. The number of carbonyl (C=O) groups is 1. The Morgan fingerprint density at radius 2 is 2.07 bits per heavy atom. The molecule has 1 aromatic carbocycles. The lowest BCUT2D eigenvalue weighted by atomic mass is 10.1. The molecular formula is C11H14FNO. The second kappa shape index (κ2) is 4.74. The molecule has 0 unspecified atom stereocenters. The zero-order chi connectivity index (χ0) is 10.6. The summed E-state index contributed by atoms with van der Waals surface area (Å²) in [6.45, 7) is 3.75. The van der Waals surface area contributed by atoms with Gasteiger partial charge in [-0.2, -0.15) is 0 Å². The summed E-state index contributed by atoms with van der Waals surface area (Å²) in [6, 6.07) is 6.40. The molecule has 1 N–H and O–H groups in total. The van der Waals surface area contributed by atoms with Crippen LogP contribution in [0.15, 0.2) is 24.3 Å². The number of hydrogen-bond acceptors (Lipinski definition) is 1. The molecule has 0 spiro atoms. The van der Waals surface area contributed by atoms with Crippen LogP contribution < -0.4 is 5.32 Å². The van der Waals surface area contributed by atoms with Crippen LogP contribution in [-0.4, -0.2) is 11.9 Å². The first-order chi connectivity index (χ1) is 6.59. The van der Waals surface area contributed by atoms with Crippen LogP contribution in [0.1, 0.15) is 19.4 Å². The third-order valence-electron chi connectivity index (χ3n) is 1.76. The highest BCUT2D eigenvalue weighted by atomic mass is 19.1. The summed E-state index contributed by atoms with van der Waals surface area (Å²) in [7, 11) is 0. The fourth-order valence-electron chi connectivity index (χ4n) is 1.19. The van der Waals surface area contributed by atoms with Crippen LogP contribution in [0.25, 0.3) is 0 Å². The standard InChI is InChI=1S/C11H14FNO/c1-8(2)13-11(14)7-9-5-3-4-6-10(9)12/h3-6,8H,7H2,1-2H3,(H,13,14). The van der Waals surface area contributed by atoms with Gasteiger partial charge in [0.05, 0.1) is 6.42 Å². The molecular weight excluding hydrogens is 181 g/mol. The SMILES string of the molecule is CC(C)NC(=O)Cc1ccccc1F. The van der Waals surface area contributed by atoms with Crippen molar-refractivity contribution in [3.05, 3.63) is 35.6 Å². The largest absolute Gasteiger partial charge is 0.354 e. The van der Waals surface area contributed by atoms with Crippen molar-refractivity contribution in [2.75, 3.05) is 0 Å². The van der Waals surface area contributed by atoms with E-state index < -0.39 is 0 Å². The molecule has 0 aliphatic carbocycles. The fraction of sp³-hybridized carbons (Fsp3) is 0.364. The molecule has 0 bridgehead atoms. The van der Waals surface area contributed by atoms with Crippen molar-refractivity contribution in [2.45, 2.75) is 26.3 Å². The molecule has 2 nitrogen and oxygen atoms in total. The van der Waals surface area contributed by atoms with E-state index in [2.05, 4.69) is 5.32 Å². The average Bonchev–Trinajstić information content (AvgIpc) is 2.07. The van der Waals surface area contributed by atoms with E-state index in [1.54, 1.807) is 18.2 Å². The Kier molecular flexibility index (Phi) is 3.63. The minimum Gasteiger partial charge on any atom is -0.354 e. The molecule has 0 fully saturated rings. The van der Waals surface area contributed by atoms with Crippen molar-refractivity contribution in [3.8, 4) is 0 Å². The van der Waals surface area contributed by atoms with E-state index in [1.165, 1.54) is 6.07 Å². The van der Waals surface area contributed by atoms with Crippen molar-refractivity contribution in [3.63, 3.8) is 0 Å². The van der Waals surface area contributed by atoms with Gasteiger partial charge in [-0.05, 0) is 25.5 Å². The van der Waals surface area contributed by atoms with Crippen molar-refractivity contribution in [2.24, 2.45) is 0 Å². The smallest absolute Gasteiger partial charge is 0.224 e. The highest BCUT2D eigenvalue weighted by Crippen LogP contribution is 2.06. The monoisotopic (exact) mass is 195 g/mol. The molecule has 14 heavy (non-hydrogen) atoms. The fourth-order valence-corrected chi connectivity index (χ4v) is 1.19. The Labute approximate surface area is 83.1 Å². The Bertz CT molecular complexity index is 323. The predicted molar refractivity (Wildman–Crippen MR) is 53.4 cm³/mol. The Morgan fingerprint density at radius 3 is 2.64 bits per heavy atom. The van der Waals surface area contributed by atoms with Crippen LogP contribution in [0.5, 0.6) is 0 Å². The van der Waals surface area contributed by atoms with Gasteiger partial charge in [-0.3, -0.25) is 4.79 Å². The molecule has 3 heteroatoms. The van der Waals surface area contributed by atoms with Crippen molar-refractivity contribution < 1.29 is 9.18 Å². The molecule has 1 amide bonds. The van der Waals surface area contributed by atoms with Crippen molar-refractivity contribution in [1.82, 2.24) is 5.32 Å². The average molecular weight is 195 g/mol. The lowest BCUT2D eigenvalue weighted by molar-refractivity contribution is -0.120. The quantitative estimate of drug-likeness (QED) is 0.784. The summed E-state index contributed by atoms with van der Waals surface area (Å²) in [5.74, 6) is -0.475. The number of nitrogens with one attached hydrogen (secondary N) is 1. The summed E-state index contributed by atoms with van der Waals surface area (Å²) in [5, 5.41) is 2.71. The van der Waals surface area contributed by atoms with Crippen LogP contribution in [0.3, 0.4) is 0 Å². The minimum absolute atomic E-state index is 0.0919. The molecule has 0 saturated heterocycles. The maximum Gasteiger partial charge on any atom is 0.224 e. The highest BCUT2D eigenvalue weighted by molar-refractivity contribution is 5.78. The van der Waals surface area contributed by atoms with E-state index >= 15 is 0 Å². The van der Waals surface area contributed by atoms with Gasteiger partial charge >= 0.3 is 0 Å². The summed E-state index contributed by atoms with van der Waals surface area (Å²) in [6.07, 6.45) is 0.102.